The van der Waals surface area contributed by atoms with Gasteiger partial charge in [0.25, 0.3) is 0 Å². The number of rotatable bonds is 7. The van der Waals surface area contributed by atoms with Crippen LogP contribution in [0.3, 0.4) is 0 Å². The molecule has 0 radical (unpaired) electrons. The first-order valence-electron chi connectivity index (χ1n) is 6.50. The van der Waals surface area contributed by atoms with Gasteiger partial charge in [0.2, 0.25) is 5.91 Å². The van der Waals surface area contributed by atoms with E-state index in [2.05, 4.69) is 5.32 Å². The molecule has 1 atom stereocenters. The Labute approximate surface area is 122 Å². The zero-order valence-electron chi connectivity index (χ0n) is 12.1. The third kappa shape index (κ3) is 7.09. The number of ether oxygens (including phenoxy) is 1. The summed E-state index contributed by atoms with van der Waals surface area (Å²) in [6.07, 6.45) is 4.92. The van der Waals surface area contributed by atoms with Crippen LogP contribution in [0.2, 0.25) is 0 Å². The largest absolute Gasteiger partial charge is 0.491 e. The van der Waals surface area contributed by atoms with E-state index < -0.39 is 10.8 Å². The molecule has 0 aliphatic carbocycles. The summed E-state index contributed by atoms with van der Waals surface area (Å²) in [5.74, 6) is 1.06. The molecule has 1 aromatic rings. The highest BCUT2D eigenvalue weighted by Crippen LogP contribution is 2.15. The van der Waals surface area contributed by atoms with Gasteiger partial charge < -0.3 is 10.1 Å². The molecule has 0 aliphatic rings. The van der Waals surface area contributed by atoms with Crippen LogP contribution in [-0.4, -0.2) is 34.8 Å². The Balaban J connectivity index is 2.52. The van der Waals surface area contributed by atoms with E-state index in [1.54, 1.807) is 12.3 Å². The van der Waals surface area contributed by atoms with Gasteiger partial charge in [-0.1, -0.05) is 12.1 Å². The quantitative estimate of drug-likeness (QED) is 0.783. The molecule has 1 rings (SSSR count). The van der Waals surface area contributed by atoms with Crippen LogP contribution in [0.25, 0.3) is 6.08 Å². The van der Waals surface area contributed by atoms with Gasteiger partial charge in [-0.2, -0.15) is 0 Å². The van der Waals surface area contributed by atoms with Crippen molar-refractivity contribution in [2.45, 2.75) is 20.0 Å². The van der Waals surface area contributed by atoms with Crippen LogP contribution in [0.5, 0.6) is 5.75 Å². The first-order valence-corrected chi connectivity index (χ1v) is 8.23. The molecule has 0 fully saturated rings. The molecule has 0 heterocycles. The van der Waals surface area contributed by atoms with Gasteiger partial charge in [0.1, 0.15) is 5.75 Å². The fraction of sp³-hybridized carbons (Fsp3) is 0.400. The third-order valence-electron chi connectivity index (χ3n) is 2.35. The van der Waals surface area contributed by atoms with Gasteiger partial charge in [0.15, 0.2) is 0 Å². The molecule has 1 unspecified atom stereocenters. The summed E-state index contributed by atoms with van der Waals surface area (Å²) < 4.78 is 16.4. The lowest BCUT2D eigenvalue weighted by Crippen LogP contribution is -2.25. The van der Waals surface area contributed by atoms with Gasteiger partial charge in [-0.3, -0.25) is 9.00 Å². The molecule has 1 aromatic carbocycles. The molecule has 0 spiro atoms. The Kier molecular flexibility index (Phi) is 7.01. The van der Waals surface area contributed by atoms with Crippen LogP contribution in [0.15, 0.2) is 30.3 Å². The summed E-state index contributed by atoms with van der Waals surface area (Å²) in [4.78, 5) is 11.5. The van der Waals surface area contributed by atoms with E-state index in [1.807, 2.05) is 38.1 Å². The van der Waals surface area contributed by atoms with Gasteiger partial charge >= 0.3 is 0 Å². The number of nitrogens with one attached hydrogen (secondary N) is 1. The maximum absolute atomic E-state index is 11.5. The van der Waals surface area contributed by atoms with Crippen LogP contribution in [0.4, 0.5) is 0 Å². The summed E-state index contributed by atoms with van der Waals surface area (Å²) in [6.45, 7) is 4.35. The lowest BCUT2D eigenvalue weighted by atomic mass is 10.2. The van der Waals surface area contributed by atoms with Crippen molar-refractivity contribution in [1.82, 2.24) is 5.32 Å². The Morgan fingerprint density at radius 3 is 2.85 bits per heavy atom. The standard InChI is InChI=1S/C15H21NO3S/c1-12(2)19-14-6-4-5-13(11-14)7-8-15(17)16-9-10-20(3)18/h4-8,11-12H,9-10H2,1-3H3,(H,16,17). The van der Waals surface area contributed by atoms with Gasteiger partial charge in [-0.25, -0.2) is 0 Å². The minimum atomic E-state index is -0.886. The number of amides is 1. The molecule has 1 N–H and O–H groups in total. The Morgan fingerprint density at radius 2 is 2.20 bits per heavy atom. The van der Waals surface area contributed by atoms with Crippen LogP contribution in [0.1, 0.15) is 19.4 Å². The van der Waals surface area contributed by atoms with E-state index in [4.69, 9.17) is 4.74 Å². The molecule has 110 valence electrons. The van der Waals surface area contributed by atoms with Gasteiger partial charge in [-0.05, 0) is 37.6 Å². The van der Waals surface area contributed by atoms with Crippen LogP contribution in [-0.2, 0) is 15.6 Å². The molecule has 0 aromatic heterocycles. The average molecular weight is 295 g/mol. The maximum Gasteiger partial charge on any atom is 0.244 e. The van der Waals surface area contributed by atoms with Gasteiger partial charge in [0, 0.05) is 35.4 Å². The van der Waals surface area contributed by atoms with Gasteiger partial charge in [0.05, 0.1) is 6.10 Å². The van der Waals surface area contributed by atoms with Crippen molar-refractivity contribution in [2.24, 2.45) is 0 Å². The summed E-state index contributed by atoms with van der Waals surface area (Å²) in [5, 5.41) is 2.68. The predicted molar refractivity (Wildman–Crippen MR) is 83.2 cm³/mol. The lowest BCUT2D eigenvalue weighted by Gasteiger charge is -2.09. The minimum absolute atomic E-state index is 0.118. The van der Waals surface area contributed by atoms with Crippen molar-refractivity contribution in [3.05, 3.63) is 35.9 Å². The summed E-state index contributed by atoms with van der Waals surface area (Å²) >= 11 is 0. The van der Waals surface area contributed by atoms with E-state index >= 15 is 0 Å². The summed E-state index contributed by atoms with van der Waals surface area (Å²) in [5.41, 5.74) is 0.900. The highest BCUT2D eigenvalue weighted by Gasteiger charge is 1.99. The first kappa shape index (κ1) is 16.4. The minimum Gasteiger partial charge on any atom is -0.491 e. The monoisotopic (exact) mass is 295 g/mol. The Bertz CT molecular complexity index is 498. The number of benzene rings is 1. The second-order valence-corrected chi connectivity index (χ2v) is 6.20. The van der Waals surface area contributed by atoms with Crippen molar-refractivity contribution < 1.29 is 13.7 Å². The van der Waals surface area contributed by atoms with Crippen molar-refractivity contribution in [3.8, 4) is 5.75 Å². The third-order valence-corrected chi connectivity index (χ3v) is 3.12. The number of carbonyl (C=O) groups is 1. The molecule has 0 saturated carbocycles. The molecule has 4 nitrogen and oxygen atoms in total. The second-order valence-electron chi connectivity index (χ2n) is 4.64. The van der Waals surface area contributed by atoms with Crippen LogP contribution < -0.4 is 10.1 Å². The predicted octanol–water partition coefficient (Wildman–Crippen LogP) is 1.98. The summed E-state index contributed by atoms with van der Waals surface area (Å²) in [6, 6.07) is 7.55. The van der Waals surface area contributed by atoms with Crippen molar-refractivity contribution in [3.63, 3.8) is 0 Å². The van der Waals surface area contributed by atoms with Crippen LogP contribution >= 0.6 is 0 Å². The van der Waals surface area contributed by atoms with E-state index in [0.29, 0.717) is 12.3 Å². The van der Waals surface area contributed by atoms with Crippen LogP contribution in [0, 0.1) is 0 Å². The van der Waals surface area contributed by atoms with Crippen molar-refractivity contribution in [1.29, 1.82) is 0 Å². The molecular weight excluding hydrogens is 274 g/mol. The topological polar surface area (TPSA) is 55.4 Å². The Morgan fingerprint density at radius 1 is 1.45 bits per heavy atom. The van der Waals surface area contributed by atoms with Crippen molar-refractivity contribution >= 4 is 22.8 Å². The molecular formula is C15H21NO3S. The SMILES string of the molecule is CC(C)Oc1cccc(C=CC(=O)NCCS(C)=O)c1. The molecule has 20 heavy (non-hydrogen) atoms. The fourth-order valence-electron chi connectivity index (χ4n) is 1.51. The van der Waals surface area contributed by atoms with E-state index in [1.165, 1.54) is 6.08 Å². The number of carbonyl (C=O) groups excluding carboxylic acids is 1. The summed E-state index contributed by atoms with van der Waals surface area (Å²) in [7, 11) is -0.886. The number of hydrogen-bond acceptors (Lipinski definition) is 3. The molecule has 0 saturated heterocycles. The average Bonchev–Trinajstić information content (AvgIpc) is 2.35. The Hall–Kier alpha value is -1.62. The first-order chi connectivity index (χ1) is 9.47. The fourth-order valence-corrected chi connectivity index (χ4v) is 1.90. The van der Waals surface area contributed by atoms with E-state index in [0.717, 1.165) is 11.3 Å². The smallest absolute Gasteiger partial charge is 0.244 e. The molecule has 0 aliphatic heterocycles. The van der Waals surface area contributed by atoms with Gasteiger partial charge in [-0.15, -0.1) is 0 Å². The maximum atomic E-state index is 11.5. The zero-order chi connectivity index (χ0) is 15.0. The molecule has 0 bridgehead atoms. The van der Waals surface area contributed by atoms with E-state index in [-0.39, 0.29) is 12.0 Å². The normalized spacial score (nSPS) is 12.6. The highest BCUT2D eigenvalue weighted by molar-refractivity contribution is 7.84. The van der Waals surface area contributed by atoms with E-state index in [9.17, 15) is 9.00 Å². The van der Waals surface area contributed by atoms with Crippen molar-refractivity contribution in [2.75, 3.05) is 18.6 Å². The highest BCUT2D eigenvalue weighted by atomic mass is 32.2. The number of hydrogen-bond donors (Lipinski definition) is 1. The zero-order valence-corrected chi connectivity index (χ0v) is 12.9. The second kappa shape index (κ2) is 8.53. The lowest BCUT2D eigenvalue weighted by molar-refractivity contribution is -0.116. The molecule has 5 heteroatoms. The molecule has 1 amide bonds.